The Hall–Kier alpha value is -2.32. The molecular formula is C20H22F2N2O3S. The van der Waals surface area contributed by atoms with Gasteiger partial charge in [0, 0.05) is 11.7 Å². The van der Waals surface area contributed by atoms with Crippen molar-refractivity contribution in [3.05, 3.63) is 59.2 Å². The van der Waals surface area contributed by atoms with E-state index in [9.17, 15) is 22.0 Å². The quantitative estimate of drug-likeness (QED) is 0.781. The molecule has 0 aromatic heterocycles. The van der Waals surface area contributed by atoms with E-state index in [1.807, 2.05) is 0 Å². The average Bonchev–Trinajstić information content (AvgIpc) is 2.65. The summed E-state index contributed by atoms with van der Waals surface area (Å²) in [6.45, 7) is 1.58. The van der Waals surface area contributed by atoms with Gasteiger partial charge in [-0.3, -0.25) is 4.79 Å². The monoisotopic (exact) mass is 408 g/mol. The molecule has 150 valence electrons. The topological polar surface area (TPSA) is 75.3 Å². The van der Waals surface area contributed by atoms with Crippen molar-refractivity contribution in [1.82, 2.24) is 4.72 Å². The predicted octanol–water partition coefficient (Wildman–Crippen LogP) is 4.14. The lowest BCUT2D eigenvalue weighted by Crippen LogP contribution is -2.36. The first kappa shape index (κ1) is 20.4. The number of anilines is 1. The number of benzene rings is 2. The first-order chi connectivity index (χ1) is 13.3. The first-order valence-corrected chi connectivity index (χ1v) is 10.6. The fourth-order valence-electron chi connectivity index (χ4n) is 3.22. The van der Waals surface area contributed by atoms with Gasteiger partial charge in [0.05, 0.1) is 10.5 Å². The van der Waals surface area contributed by atoms with Crippen molar-refractivity contribution in [3.8, 4) is 0 Å². The number of hydrogen-bond donors (Lipinski definition) is 2. The number of aryl methyl sites for hydroxylation is 1. The first-order valence-electron chi connectivity index (χ1n) is 9.15. The summed E-state index contributed by atoms with van der Waals surface area (Å²) < 4.78 is 55.7. The SMILES string of the molecule is Cc1ccc(NC(=O)c2cc(S(=O)(=O)NC3CCCCC3)ccc2F)cc1F. The van der Waals surface area contributed by atoms with E-state index in [-0.39, 0.29) is 16.6 Å². The van der Waals surface area contributed by atoms with Crippen LogP contribution in [0, 0.1) is 18.6 Å². The second-order valence-electron chi connectivity index (χ2n) is 7.02. The number of amides is 1. The summed E-state index contributed by atoms with van der Waals surface area (Å²) in [6, 6.07) is 7.01. The Bertz CT molecular complexity index is 987. The van der Waals surface area contributed by atoms with E-state index in [1.165, 1.54) is 12.1 Å². The molecule has 2 aromatic carbocycles. The van der Waals surface area contributed by atoms with Crippen molar-refractivity contribution in [3.63, 3.8) is 0 Å². The average molecular weight is 408 g/mol. The number of hydrogen-bond acceptors (Lipinski definition) is 3. The van der Waals surface area contributed by atoms with Crippen molar-refractivity contribution in [1.29, 1.82) is 0 Å². The van der Waals surface area contributed by atoms with Crippen molar-refractivity contribution in [2.75, 3.05) is 5.32 Å². The predicted molar refractivity (Wildman–Crippen MR) is 103 cm³/mol. The summed E-state index contributed by atoms with van der Waals surface area (Å²) >= 11 is 0. The molecule has 0 spiro atoms. The maximum atomic E-state index is 14.2. The molecule has 1 aliphatic rings. The highest BCUT2D eigenvalue weighted by Crippen LogP contribution is 2.22. The lowest BCUT2D eigenvalue weighted by molar-refractivity contribution is 0.102. The van der Waals surface area contributed by atoms with Gasteiger partial charge in [0.1, 0.15) is 11.6 Å². The Morgan fingerprint density at radius 3 is 2.39 bits per heavy atom. The molecule has 2 aromatic rings. The molecule has 1 amide bonds. The van der Waals surface area contributed by atoms with Gasteiger partial charge in [0.15, 0.2) is 0 Å². The van der Waals surface area contributed by atoms with E-state index in [2.05, 4.69) is 10.0 Å². The van der Waals surface area contributed by atoms with Gasteiger partial charge >= 0.3 is 0 Å². The number of rotatable bonds is 5. The van der Waals surface area contributed by atoms with Crippen LogP contribution >= 0.6 is 0 Å². The Morgan fingerprint density at radius 1 is 1.00 bits per heavy atom. The molecule has 3 rings (SSSR count). The molecule has 1 aliphatic carbocycles. The molecule has 0 radical (unpaired) electrons. The van der Waals surface area contributed by atoms with E-state index >= 15 is 0 Å². The van der Waals surface area contributed by atoms with Crippen LogP contribution in [0.1, 0.15) is 48.0 Å². The van der Waals surface area contributed by atoms with Gasteiger partial charge in [-0.25, -0.2) is 21.9 Å². The van der Waals surface area contributed by atoms with Gasteiger partial charge < -0.3 is 5.32 Å². The molecule has 1 fully saturated rings. The number of nitrogens with one attached hydrogen (secondary N) is 2. The minimum Gasteiger partial charge on any atom is -0.322 e. The normalized spacial score (nSPS) is 15.4. The maximum absolute atomic E-state index is 14.2. The van der Waals surface area contributed by atoms with Crippen LogP contribution in [0.5, 0.6) is 0 Å². The molecule has 5 nitrogen and oxygen atoms in total. The molecule has 0 heterocycles. The Kier molecular flexibility index (Phi) is 6.10. The van der Waals surface area contributed by atoms with E-state index in [4.69, 9.17) is 0 Å². The van der Waals surface area contributed by atoms with Crippen LogP contribution in [0.2, 0.25) is 0 Å². The third-order valence-corrected chi connectivity index (χ3v) is 6.37. The summed E-state index contributed by atoms with van der Waals surface area (Å²) in [7, 11) is -3.87. The Labute approximate surface area is 163 Å². The van der Waals surface area contributed by atoms with E-state index < -0.39 is 33.1 Å². The van der Waals surface area contributed by atoms with Crippen molar-refractivity contribution in [2.24, 2.45) is 0 Å². The van der Waals surface area contributed by atoms with Crippen LogP contribution in [0.25, 0.3) is 0 Å². The van der Waals surface area contributed by atoms with Crippen LogP contribution in [0.4, 0.5) is 14.5 Å². The molecule has 0 bridgehead atoms. The Balaban J connectivity index is 1.81. The largest absolute Gasteiger partial charge is 0.322 e. The zero-order valence-electron chi connectivity index (χ0n) is 15.5. The van der Waals surface area contributed by atoms with Gasteiger partial charge in [-0.15, -0.1) is 0 Å². The highest BCUT2D eigenvalue weighted by molar-refractivity contribution is 7.89. The summed E-state index contributed by atoms with van der Waals surface area (Å²) in [5.74, 6) is -2.22. The summed E-state index contributed by atoms with van der Waals surface area (Å²) in [4.78, 5) is 12.2. The van der Waals surface area contributed by atoms with Gasteiger partial charge in [-0.05, 0) is 55.7 Å². The second-order valence-corrected chi connectivity index (χ2v) is 8.73. The fraction of sp³-hybridized carbons (Fsp3) is 0.350. The fourth-order valence-corrected chi connectivity index (χ4v) is 4.55. The van der Waals surface area contributed by atoms with E-state index in [0.29, 0.717) is 5.56 Å². The van der Waals surface area contributed by atoms with Gasteiger partial charge in [0.25, 0.3) is 5.91 Å². The maximum Gasteiger partial charge on any atom is 0.258 e. The van der Waals surface area contributed by atoms with Crippen molar-refractivity contribution >= 4 is 21.6 Å². The smallest absolute Gasteiger partial charge is 0.258 e. The summed E-state index contributed by atoms with van der Waals surface area (Å²) in [5.41, 5.74) is 0.139. The number of sulfonamides is 1. The van der Waals surface area contributed by atoms with Crippen LogP contribution < -0.4 is 10.0 Å². The minimum absolute atomic E-state index is 0.154. The van der Waals surface area contributed by atoms with Gasteiger partial charge in [0.2, 0.25) is 10.0 Å². The van der Waals surface area contributed by atoms with Gasteiger partial charge in [-0.2, -0.15) is 0 Å². The van der Waals surface area contributed by atoms with Crippen LogP contribution in [0.3, 0.4) is 0 Å². The molecule has 0 unspecified atom stereocenters. The molecule has 0 saturated heterocycles. The molecule has 0 atom stereocenters. The standard InChI is InChI=1S/C20H22F2N2O3S/c1-13-7-8-15(11-19(13)22)23-20(25)17-12-16(9-10-18(17)21)28(26,27)24-14-5-3-2-4-6-14/h7-12,14,24H,2-6H2,1H3,(H,23,25). The third-order valence-electron chi connectivity index (χ3n) is 4.85. The van der Waals surface area contributed by atoms with Crippen molar-refractivity contribution in [2.45, 2.75) is 50.0 Å². The van der Waals surface area contributed by atoms with Crippen LogP contribution in [-0.2, 0) is 10.0 Å². The molecular weight excluding hydrogens is 386 g/mol. The van der Waals surface area contributed by atoms with E-state index in [1.54, 1.807) is 6.92 Å². The second kappa shape index (κ2) is 8.36. The highest BCUT2D eigenvalue weighted by Gasteiger charge is 2.24. The van der Waals surface area contributed by atoms with Crippen molar-refractivity contribution < 1.29 is 22.0 Å². The van der Waals surface area contributed by atoms with Crippen LogP contribution in [0.15, 0.2) is 41.3 Å². The molecule has 28 heavy (non-hydrogen) atoms. The zero-order chi connectivity index (χ0) is 20.3. The highest BCUT2D eigenvalue weighted by atomic mass is 32.2. The summed E-state index contributed by atoms with van der Waals surface area (Å²) in [6.07, 6.45) is 4.51. The third kappa shape index (κ3) is 4.74. The Morgan fingerprint density at radius 2 is 1.71 bits per heavy atom. The number of halogens is 2. The summed E-state index contributed by atoms with van der Waals surface area (Å²) in [5, 5.41) is 2.39. The number of carbonyl (C=O) groups excluding carboxylic acids is 1. The van der Waals surface area contributed by atoms with Crippen LogP contribution in [-0.4, -0.2) is 20.4 Å². The molecule has 1 saturated carbocycles. The number of carbonyl (C=O) groups is 1. The zero-order valence-corrected chi connectivity index (χ0v) is 16.3. The lowest BCUT2D eigenvalue weighted by atomic mass is 9.96. The molecule has 8 heteroatoms. The minimum atomic E-state index is -3.87. The molecule has 0 aliphatic heterocycles. The molecule has 2 N–H and O–H groups in total. The van der Waals surface area contributed by atoms with E-state index in [0.717, 1.165) is 56.4 Å². The lowest BCUT2D eigenvalue weighted by Gasteiger charge is -2.22. The van der Waals surface area contributed by atoms with Gasteiger partial charge in [-0.1, -0.05) is 25.3 Å².